The molecule has 0 spiro atoms. The molecule has 0 aliphatic heterocycles. The summed E-state index contributed by atoms with van der Waals surface area (Å²) in [6.45, 7) is 19.1. The highest BCUT2D eigenvalue weighted by Gasteiger charge is 2.38. The van der Waals surface area contributed by atoms with Crippen molar-refractivity contribution in [1.82, 2.24) is 5.32 Å². The van der Waals surface area contributed by atoms with E-state index >= 15 is 0 Å². The van der Waals surface area contributed by atoms with E-state index in [0.717, 1.165) is 12.8 Å². The molecule has 0 saturated carbocycles. The average molecular weight is 516 g/mol. The Balaban J connectivity index is 4.34. The number of hydrogen-bond donors (Lipinski definition) is 2. The van der Waals surface area contributed by atoms with E-state index in [9.17, 15) is 9.90 Å². The van der Waals surface area contributed by atoms with Crippen LogP contribution in [0.2, 0.25) is 18.1 Å². The lowest BCUT2D eigenvalue weighted by atomic mass is 10.0. The maximum atomic E-state index is 12.4. The van der Waals surface area contributed by atoms with Crippen molar-refractivity contribution in [2.45, 2.75) is 174 Å². The molecule has 0 saturated heterocycles. The summed E-state index contributed by atoms with van der Waals surface area (Å²) in [4.78, 5) is 12.4. The number of alkyl carbamates (subject to hydrolysis) is 1. The van der Waals surface area contributed by atoms with Crippen LogP contribution >= 0.6 is 0 Å². The maximum absolute atomic E-state index is 12.4. The molecule has 35 heavy (non-hydrogen) atoms. The summed E-state index contributed by atoms with van der Waals surface area (Å²) >= 11 is 0. The fraction of sp³-hybridized carbons (Fsp3) is 0.966. The molecule has 0 aromatic heterocycles. The Labute approximate surface area is 219 Å². The summed E-state index contributed by atoms with van der Waals surface area (Å²) in [6, 6.07) is -0.462. The average Bonchev–Trinajstić information content (AvgIpc) is 2.72. The highest BCUT2D eigenvalue weighted by molar-refractivity contribution is 6.74. The van der Waals surface area contributed by atoms with Crippen LogP contribution < -0.4 is 5.32 Å². The molecule has 5 nitrogen and oxygen atoms in total. The van der Waals surface area contributed by atoms with Gasteiger partial charge >= 0.3 is 6.09 Å². The number of amides is 1. The second-order valence-electron chi connectivity index (χ2n) is 12.9. The van der Waals surface area contributed by atoms with E-state index in [-0.39, 0.29) is 5.04 Å². The van der Waals surface area contributed by atoms with E-state index < -0.39 is 32.2 Å². The van der Waals surface area contributed by atoms with Gasteiger partial charge in [-0.05, 0) is 45.3 Å². The van der Waals surface area contributed by atoms with E-state index in [0.29, 0.717) is 13.0 Å². The van der Waals surface area contributed by atoms with E-state index in [1.165, 1.54) is 70.6 Å². The number of aliphatic hydroxyl groups excluding tert-OH is 1. The monoisotopic (exact) mass is 515 g/mol. The van der Waals surface area contributed by atoms with Gasteiger partial charge in [-0.3, -0.25) is 0 Å². The van der Waals surface area contributed by atoms with Gasteiger partial charge in [0.2, 0.25) is 0 Å². The Morgan fingerprint density at radius 3 is 1.63 bits per heavy atom. The zero-order chi connectivity index (χ0) is 27.0. The molecule has 0 unspecified atom stereocenters. The number of hydrogen-bond acceptors (Lipinski definition) is 4. The van der Waals surface area contributed by atoms with Crippen LogP contribution in [0.5, 0.6) is 0 Å². The largest absolute Gasteiger partial charge is 0.444 e. The van der Waals surface area contributed by atoms with E-state index in [1.807, 2.05) is 20.8 Å². The molecular weight excluding hydrogens is 454 g/mol. The SMILES string of the molecule is CCCCCCCCCCCCCCC[C@@H](O)[C@H](CO[Si](C)(C)C(C)(C)C)NC(=O)OC(C)(C)C. The van der Waals surface area contributed by atoms with Crippen LogP contribution in [0.25, 0.3) is 0 Å². The molecule has 210 valence electrons. The number of ether oxygens (including phenoxy) is 1. The molecule has 0 radical (unpaired) electrons. The van der Waals surface area contributed by atoms with E-state index in [2.05, 4.69) is 46.1 Å². The van der Waals surface area contributed by atoms with Crippen LogP contribution in [0.3, 0.4) is 0 Å². The fourth-order valence-corrected chi connectivity index (χ4v) is 4.82. The molecule has 0 aliphatic carbocycles. The van der Waals surface area contributed by atoms with Gasteiger partial charge in [-0.2, -0.15) is 0 Å². The van der Waals surface area contributed by atoms with Crippen molar-refractivity contribution in [2.75, 3.05) is 6.61 Å². The number of rotatable bonds is 19. The Morgan fingerprint density at radius 2 is 1.23 bits per heavy atom. The van der Waals surface area contributed by atoms with Crippen LogP contribution in [-0.4, -0.2) is 43.9 Å². The molecule has 0 heterocycles. The van der Waals surface area contributed by atoms with Crippen LogP contribution in [0.4, 0.5) is 4.79 Å². The van der Waals surface area contributed by atoms with Crippen molar-refractivity contribution in [2.24, 2.45) is 0 Å². The lowest BCUT2D eigenvalue weighted by molar-refractivity contribution is 0.0342. The first-order valence-corrected chi connectivity index (χ1v) is 17.4. The molecule has 0 fully saturated rings. The summed E-state index contributed by atoms with van der Waals surface area (Å²) in [5.74, 6) is 0. The molecule has 0 aliphatic rings. The normalized spacial score (nSPS) is 14.6. The van der Waals surface area contributed by atoms with Crippen molar-refractivity contribution in [1.29, 1.82) is 0 Å². The van der Waals surface area contributed by atoms with Gasteiger partial charge in [-0.1, -0.05) is 111 Å². The second kappa shape index (κ2) is 17.8. The van der Waals surface area contributed by atoms with Gasteiger partial charge in [-0.15, -0.1) is 0 Å². The number of carbonyl (C=O) groups excluding carboxylic acids is 1. The molecule has 1 amide bonds. The number of nitrogens with one attached hydrogen (secondary N) is 1. The summed E-state index contributed by atoms with van der Waals surface area (Å²) in [7, 11) is -1.99. The third-order valence-corrected chi connectivity index (χ3v) is 11.7. The quantitative estimate of drug-likeness (QED) is 0.133. The molecule has 2 N–H and O–H groups in total. The Morgan fingerprint density at radius 1 is 0.800 bits per heavy atom. The molecule has 6 heteroatoms. The zero-order valence-corrected chi connectivity index (χ0v) is 25.9. The minimum Gasteiger partial charge on any atom is -0.444 e. The summed E-state index contributed by atoms with van der Waals surface area (Å²) in [5, 5.41) is 13.9. The van der Waals surface area contributed by atoms with E-state index in [4.69, 9.17) is 9.16 Å². The highest BCUT2D eigenvalue weighted by Crippen LogP contribution is 2.36. The Hall–Kier alpha value is -0.593. The van der Waals surface area contributed by atoms with Crippen molar-refractivity contribution >= 4 is 14.4 Å². The van der Waals surface area contributed by atoms with Crippen molar-refractivity contribution in [3.63, 3.8) is 0 Å². The number of aliphatic hydroxyl groups is 1. The van der Waals surface area contributed by atoms with Gasteiger partial charge in [0.25, 0.3) is 0 Å². The van der Waals surface area contributed by atoms with E-state index in [1.54, 1.807) is 0 Å². The Bertz CT molecular complexity index is 540. The second-order valence-corrected chi connectivity index (χ2v) is 17.7. The zero-order valence-electron chi connectivity index (χ0n) is 24.9. The van der Waals surface area contributed by atoms with Gasteiger partial charge < -0.3 is 19.6 Å². The molecule has 0 bridgehead atoms. The summed E-state index contributed by atoms with van der Waals surface area (Å²) in [6.07, 6.45) is 16.5. The number of carbonyl (C=O) groups is 1. The smallest absolute Gasteiger partial charge is 0.408 e. The van der Waals surface area contributed by atoms with Gasteiger partial charge in [0.1, 0.15) is 5.60 Å². The molecule has 0 aromatic rings. The van der Waals surface area contributed by atoms with Crippen molar-refractivity contribution in [3.05, 3.63) is 0 Å². The van der Waals surface area contributed by atoms with Crippen molar-refractivity contribution in [3.8, 4) is 0 Å². The third kappa shape index (κ3) is 18.3. The summed E-state index contributed by atoms with van der Waals surface area (Å²) in [5.41, 5.74) is -0.574. The molecule has 0 rings (SSSR count). The lowest BCUT2D eigenvalue weighted by Gasteiger charge is -2.38. The van der Waals surface area contributed by atoms with Crippen LogP contribution in [0.1, 0.15) is 138 Å². The fourth-order valence-electron chi connectivity index (χ4n) is 3.79. The third-order valence-electron chi connectivity index (χ3n) is 7.20. The van der Waals surface area contributed by atoms with Crippen LogP contribution in [0, 0.1) is 0 Å². The highest BCUT2D eigenvalue weighted by atomic mass is 28.4. The molecular formula is C29H61NO4Si. The van der Waals surface area contributed by atoms with Gasteiger partial charge in [-0.25, -0.2) is 4.79 Å². The lowest BCUT2D eigenvalue weighted by Crippen LogP contribution is -2.51. The van der Waals surface area contributed by atoms with Crippen LogP contribution in [-0.2, 0) is 9.16 Å². The summed E-state index contributed by atoms with van der Waals surface area (Å²) < 4.78 is 11.8. The standard InChI is InChI=1S/C29H61NO4Si/c1-10-11-12-13-14-15-16-17-18-19-20-21-22-23-26(31)25(30-27(32)34-28(2,3)4)24-33-35(8,9)29(5,6)7/h25-26,31H,10-24H2,1-9H3,(H,30,32)/t25-,26+/m0/s1. The molecule has 0 aromatic carbocycles. The first kappa shape index (κ1) is 34.4. The van der Waals surface area contributed by atoms with Crippen LogP contribution in [0.15, 0.2) is 0 Å². The topological polar surface area (TPSA) is 67.8 Å². The molecule has 2 atom stereocenters. The van der Waals surface area contributed by atoms with Gasteiger partial charge in [0.05, 0.1) is 18.8 Å². The van der Waals surface area contributed by atoms with Gasteiger partial charge in [0, 0.05) is 0 Å². The first-order valence-electron chi connectivity index (χ1n) is 14.5. The predicted octanol–water partition coefficient (Wildman–Crippen LogP) is 8.74. The minimum atomic E-state index is -1.99. The Kier molecular flexibility index (Phi) is 17.5. The first-order chi connectivity index (χ1) is 16.2. The predicted molar refractivity (Wildman–Crippen MR) is 153 cm³/mol. The minimum absolute atomic E-state index is 0.0729. The van der Waals surface area contributed by atoms with Crippen molar-refractivity contribution < 1.29 is 19.1 Å². The van der Waals surface area contributed by atoms with Gasteiger partial charge in [0.15, 0.2) is 8.32 Å². The number of unbranched alkanes of at least 4 members (excludes halogenated alkanes) is 12. The maximum Gasteiger partial charge on any atom is 0.408 e.